The Morgan fingerprint density at radius 2 is 2.05 bits per heavy atom. The average molecular weight is 297 g/mol. The standard InChI is InChI=1S/C15H27N3O3/c1-2-21-12-8-11(9-12)10-13(19)17-15(14(16)18-20)6-4-3-5-7-15/h11-12,20H,2-10H2,1H3,(H2,16,18)(H,17,19). The molecule has 0 aromatic heterocycles. The van der Waals surface area contributed by atoms with Crippen LogP contribution in [0.1, 0.15) is 58.3 Å². The molecule has 0 unspecified atom stereocenters. The first-order valence-electron chi connectivity index (χ1n) is 8.00. The van der Waals surface area contributed by atoms with Gasteiger partial charge < -0.3 is 21.0 Å². The molecular formula is C15H27N3O3. The number of carbonyl (C=O) groups is 1. The van der Waals surface area contributed by atoms with Crippen molar-refractivity contribution in [2.45, 2.75) is 69.9 Å². The zero-order valence-corrected chi connectivity index (χ0v) is 12.8. The van der Waals surface area contributed by atoms with Gasteiger partial charge in [0.05, 0.1) is 6.10 Å². The second kappa shape index (κ2) is 7.11. The largest absolute Gasteiger partial charge is 0.409 e. The van der Waals surface area contributed by atoms with Crippen LogP contribution >= 0.6 is 0 Å². The van der Waals surface area contributed by atoms with Crippen LogP contribution < -0.4 is 11.1 Å². The Labute approximate surface area is 126 Å². The number of nitrogens with two attached hydrogens (primary N) is 1. The lowest BCUT2D eigenvalue weighted by Crippen LogP contribution is -2.59. The maximum absolute atomic E-state index is 12.3. The molecule has 2 aliphatic rings. The predicted molar refractivity (Wildman–Crippen MR) is 80.1 cm³/mol. The van der Waals surface area contributed by atoms with Crippen LogP contribution in [0.15, 0.2) is 5.16 Å². The minimum Gasteiger partial charge on any atom is -0.409 e. The van der Waals surface area contributed by atoms with Crippen LogP contribution in [0.25, 0.3) is 0 Å². The fourth-order valence-electron chi connectivity index (χ4n) is 3.49. The molecule has 0 heterocycles. The molecule has 0 saturated heterocycles. The second-order valence-electron chi connectivity index (χ2n) is 6.30. The first kappa shape index (κ1) is 16.1. The minimum absolute atomic E-state index is 0.00319. The summed E-state index contributed by atoms with van der Waals surface area (Å²) < 4.78 is 5.51. The van der Waals surface area contributed by atoms with Crippen molar-refractivity contribution < 1.29 is 14.7 Å². The van der Waals surface area contributed by atoms with Gasteiger partial charge in [0.2, 0.25) is 5.91 Å². The molecule has 0 aromatic rings. The topological polar surface area (TPSA) is 96.9 Å². The van der Waals surface area contributed by atoms with Gasteiger partial charge >= 0.3 is 0 Å². The summed E-state index contributed by atoms with van der Waals surface area (Å²) in [6.07, 6.45) is 7.36. The molecule has 2 saturated carbocycles. The first-order chi connectivity index (χ1) is 10.1. The molecule has 6 nitrogen and oxygen atoms in total. The summed E-state index contributed by atoms with van der Waals surface area (Å²) >= 11 is 0. The predicted octanol–water partition coefficient (Wildman–Crippen LogP) is 1.76. The van der Waals surface area contributed by atoms with E-state index in [1.807, 2.05) is 6.92 Å². The second-order valence-corrected chi connectivity index (χ2v) is 6.30. The highest BCUT2D eigenvalue weighted by atomic mass is 16.5. The van der Waals surface area contributed by atoms with E-state index in [4.69, 9.17) is 15.7 Å². The average Bonchev–Trinajstić information content (AvgIpc) is 2.45. The number of rotatable bonds is 6. The number of hydrogen-bond acceptors (Lipinski definition) is 4. The van der Waals surface area contributed by atoms with Crippen LogP contribution in [-0.4, -0.2) is 35.2 Å². The van der Waals surface area contributed by atoms with Crippen molar-refractivity contribution in [2.24, 2.45) is 16.8 Å². The summed E-state index contributed by atoms with van der Waals surface area (Å²) in [6.45, 7) is 2.72. The van der Waals surface area contributed by atoms with Crippen molar-refractivity contribution in [2.75, 3.05) is 6.61 Å². The van der Waals surface area contributed by atoms with Crippen LogP contribution in [0, 0.1) is 5.92 Å². The van der Waals surface area contributed by atoms with Gasteiger partial charge in [-0.1, -0.05) is 24.4 Å². The van der Waals surface area contributed by atoms with Gasteiger partial charge in [0.1, 0.15) is 5.54 Å². The van der Waals surface area contributed by atoms with Gasteiger partial charge in [0, 0.05) is 13.0 Å². The number of oxime groups is 1. The molecule has 0 radical (unpaired) electrons. The van der Waals surface area contributed by atoms with E-state index in [9.17, 15) is 4.79 Å². The highest BCUT2D eigenvalue weighted by Crippen LogP contribution is 2.34. The van der Waals surface area contributed by atoms with Crippen LogP contribution in [0.3, 0.4) is 0 Å². The molecule has 120 valence electrons. The number of nitrogens with zero attached hydrogens (tertiary/aromatic N) is 1. The Hall–Kier alpha value is -1.30. The molecule has 0 aliphatic heterocycles. The van der Waals surface area contributed by atoms with Gasteiger partial charge in [-0.3, -0.25) is 4.79 Å². The molecular weight excluding hydrogens is 270 g/mol. The summed E-state index contributed by atoms with van der Waals surface area (Å²) in [5, 5.41) is 15.2. The number of carbonyl (C=O) groups excluding carboxylic acids is 1. The number of nitrogens with one attached hydrogen (secondary N) is 1. The smallest absolute Gasteiger partial charge is 0.221 e. The summed E-state index contributed by atoms with van der Waals surface area (Å²) in [7, 11) is 0. The maximum atomic E-state index is 12.3. The van der Waals surface area contributed by atoms with Crippen molar-refractivity contribution in [3.05, 3.63) is 0 Å². The van der Waals surface area contributed by atoms with E-state index >= 15 is 0 Å². The van der Waals surface area contributed by atoms with E-state index in [0.717, 1.165) is 51.6 Å². The SMILES string of the molecule is CCOC1CC(CC(=O)NC2(C(N)=NO)CCCCC2)C1. The quantitative estimate of drug-likeness (QED) is 0.301. The monoisotopic (exact) mass is 297 g/mol. The van der Waals surface area contributed by atoms with Gasteiger partial charge in [-0.05, 0) is 38.5 Å². The maximum Gasteiger partial charge on any atom is 0.221 e. The van der Waals surface area contributed by atoms with Crippen molar-refractivity contribution in [3.63, 3.8) is 0 Å². The Balaban J connectivity index is 1.85. The third-order valence-electron chi connectivity index (χ3n) is 4.75. The van der Waals surface area contributed by atoms with E-state index < -0.39 is 5.54 Å². The van der Waals surface area contributed by atoms with Crippen molar-refractivity contribution in [3.8, 4) is 0 Å². The third-order valence-corrected chi connectivity index (χ3v) is 4.75. The lowest BCUT2D eigenvalue weighted by Gasteiger charge is -2.39. The van der Waals surface area contributed by atoms with Gasteiger partial charge in [-0.25, -0.2) is 0 Å². The Morgan fingerprint density at radius 1 is 1.38 bits per heavy atom. The normalized spacial score (nSPS) is 28.7. The van der Waals surface area contributed by atoms with Crippen molar-refractivity contribution in [1.82, 2.24) is 5.32 Å². The van der Waals surface area contributed by atoms with E-state index in [1.54, 1.807) is 0 Å². The number of amides is 1. The van der Waals surface area contributed by atoms with Gasteiger partial charge in [-0.15, -0.1) is 0 Å². The van der Waals surface area contributed by atoms with Crippen LogP contribution in [0.5, 0.6) is 0 Å². The summed E-state index contributed by atoms with van der Waals surface area (Å²) in [5.41, 5.74) is 5.19. The molecule has 4 N–H and O–H groups in total. The molecule has 6 heteroatoms. The van der Waals surface area contributed by atoms with E-state index in [-0.39, 0.29) is 11.7 Å². The fourth-order valence-corrected chi connectivity index (χ4v) is 3.49. The van der Waals surface area contributed by atoms with E-state index in [0.29, 0.717) is 18.4 Å². The number of ether oxygens (including phenoxy) is 1. The van der Waals surface area contributed by atoms with Gasteiger partial charge in [0.15, 0.2) is 5.84 Å². The highest BCUT2D eigenvalue weighted by Gasteiger charge is 2.39. The minimum atomic E-state index is -0.646. The summed E-state index contributed by atoms with van der Waals surface area (Å²) in [6, 6.07) is 0. The van der Waals surface area contributed by atoms with E-state index in [1.165, 1.54) is 0 Å². The van der Waals surface area contributed by atoms with Crippen molar-refractivity contribution >= 4 is 11.7 Å². The molecule has 21 heavy (non-hydrogen) atoms. The lowest BCUT2D eigenvalue weighted by atomic mass is 9.78. The zero-order chi connectivity index (χ0) is 15.3. The zero-order valence-electron chi connectivity index (χ0n) is 12.8. The number of hydrogen-bond donors (Lipinski definition) is 3. The molecule has 2 fully saturated rings. The molecule has 2 rings (SSSR count). The van der Waals surface area contributed by atoms with Gasteiger partial charge in [-0.2, -0.15) is 0 Å². The molecule has 0 spiro atoms. The van der Waals surface area contributed by atoms with Crippen LogP contribution in [0.2, 0.25) is 0 Å². The Kier molecular flexibility index (Phi) is 5.45. The molecule has 0 atom stereocenters. The Bertz CT molecular complexity index is 386. The molecule has 0 bridgehead atoms. The van der Waals surface area contributed by atoms with E-state index in [2.05, 4.69) is 10.5 Å². The highest BCUT2D eigenvalue weighted by molar-refractivity contribution is 5.94. The molecule has 2 aliphatic carbocycles. The number of amidine groups is 1. The molecule has 1 amide bonds. The fraction of sp³-hybridized carbons (Fsp3) is 0.867. The third kappa shape index (κ3) is 3.87. The summed E-state index contributed by atoms with van der Waals surface area (Å²) in [4.78, 5) is 12.3. The summed E-state index contributed by atoms with van der Waals surface area (Å²) in [5.74, 6) is 0.536. The van der Waals surface area contributed by atoms with Crippen molar-refractivity contribution in [1.29, 1.82) is 0 Å². The molecule has 0 aromatic carbocycles. The lowest BCUT2D eigenvalue weighted by molar-refractivity contribution is -0.125. The van der Waals surface area contributed by atoms with Crippen LogP contribution in [0.4, 0.5) is 0 Å². The first-order valence-corrected chi connectivity index (χ1v) is 8.00. The van der Waals surface area contributed by atoms with Gasteiger partial charge in [0.25, 0.3) is 0 Å². The van der Waals surface area contributed by atoms with Crippen LogP contribution in [-0.2, 0) is 9.53 Å². The Morgan fingerprint density at radius 3 is 2.62 bits per heavy atom.